The predicted molar refractivity (Wildman–Crippen MR) is 69.1 cm³/mol. The number of aryl methyl sites for hydroxylation is 1. The third kappa shape index (κ3) is 3.86. The average Bonchev–Trinajstić information content (AvgIpc) is 2.28. The molecule has 1 atom stereocenters. The van der Waals surface area contributed by atoms with E-state index in [2.05, 4.69) is 39.1 Å². The topological polar surface area (TPSA) is 21.3 Å². The van der Waals surface area contributed by atoms with Gasteiger partial charge < -0.3 is 10.1 Å². The molecule has 16 heavy (non-hydrogen) atoms. The molecular weight excluding hydrogens is 198 g/mol. The Morgan fingerprint density at radius 1 is 1.31 bits per heavy atom. The molecule has 0 aromatic heterocycles. The summed E-state index contributed by atoms with van der Waals surface area (Å²) in [5.74, 6) is 1.56. The summed E-state index contributed by atoms with van der Waals surface area (Å²) in [5.41, 5.74) is 2.54. The number of hydrogen-bond acceptors (Lipinski definition) is 2. The Morgan fingerprint density at radius 3 is 2.75 bits per heavy atom. The summed E-state index contributed by atoms with van der Waals surface area (Å²) >= 11 is 0. The average molecular weight is 221 g/mol. The van der Waals surface area contributed by atoms with Crippen molar-refractivity contribution in [2.75, 3.05) is 19.7 Å². The molecule has 0 aliphatic carbocycles. The maximum atomic E-state index is 5.84. The van der Waals surface area contributed by atoms with E-state index < -0.39 is 0 Å². The van der Waals surface area contributed by atoms with Gasteiger partial charge in [0.05, 0.1) is 6.61 Å². The van der Waals surface area contributed by atoms with Gasteiger partial charge in [-0.25, -0.2) is 0 Å². The maximum Gasteiger partial charge on any atom is 0.122 e. The summed E-state index contributed by atoms with van der Waals surface area (Å²) in [6.07, 6.45) is 0. The molecule has 0 bridgehead atoms. The van der Waals surface area contributed by atoms with Crippen LogP contribution in [0.3, 0.4) is 0 Å². The fraction of sp³-hybridized carbons (Fsp3) is 0.571. The lowest BCUT2D eigenvalue weighted by Crippen LogP contribution is -2.24. The lowest BCUT2D eigenvalue weighted by molar-refractivity contribution is 0.255. The maximum absolute atomic E-state index is 5.84. The summed E-state index contributed by atoms with van der Waals surface area (Å²) in [4.78, 5) is 0. The Labute approximate surface area is 99.0 Å². The van der Waals surface area contributed by atoms with Gasteiger partial charge >= 0.3 is 0 Å². The van der Waals surface area contributed by atoms with E-state index in [0.717, 1.165) is 25.4 Å². The Bertz CT molecular complexity index is 323. The van der Waals surface area contributed by atoms with Crippen molar-refractivity contribution in [1.29, 1.82) is 0 Å². The molecule has 0 saturated heterocycles. The van der Waals surface area contributed by atoms with Crippen molar-refractivity contribution >= 4 is 0 Å². The first-order valence-electron chi connectivity index (χ1n) is 6.04. The first kappa shape index (κ1) is 13.0. The molecule has 1 aromatic rings. The monoisotopic (exact) mass is 221 g/mol. The molecule has 0 heterocycles. The number of rotatable bonds is 6. The highest BCUT2D eigenvalue weighted by atomic mass is 16.5. The van der Waals surface area contributed by atoms with E-state index in [1.54, 1.807) is 0 Å². The van der Waals surface area contributed by atoms with E-state index in [9.17, 15) is 0 Å². The molecule has 0 aliphatic heterocycles. The van der Waals surface area contributed by atoms with Crippen molar-refractivity contribution in [3.8, 4) is 5.75 Å². The minimum absolute atomic E-state index is 0.542. The Hall–Kier alpha value is -1.02. The molecule has 0 aliphatic rings. The summed E-state index contributed by atoms with van der Waals surface area (Å²) in [7, 11) is 0. The van der Waals surface area contributed by atoms with Gasteiger partial charge in [-0.05, 0) is 37.6 Å². The highest BCUT2D eigenvalue weighted by Crippen LogP contribution is 2.20. The molecule has 1 rings (SSSR count). The third-order valence-corrected chi connectivity index (χ3v) is 2.82. The Kier molecular flexibility index (Phi) is 5.33. The fourth-order valence-corrected chi connectivity index (χ4v) is 1.56. The van der Waals surface area contributed by atoms with Gasteiger partial charge in [0.15, 0.2) is 0 Å². The van der Waals surface area contributed by atoms with Crippen molar-refractivity contribution < 1.29 is 4.74 Å². The van der Waals surface area contributed by atoms with Gasteiger partial charge in [0.2, 0.25) is 0 Å². The van der Waals surface area contributed by atoms with Crippen LogP contribution < -0.4 is 10.1 Å². The molecule has 90 valence electrons. The zero-order valence-electron chi connectivity index (χ0n) is 10.8. The van der Waals surface area contributed by atoms with E-state index in [1.165, 1.54) is 11.1 Å². The van der Waals surface area contributed by atoms with E-state index in [0.29, 0.717) is 5.92 Å². The lowest BCUT2D eigenvalue weighted by atomic mass is 10.1. The third-order valence-electron chi connectivity index (χ3n) is 2.82. The summed E-state index contributed by atoms with van der Waals surface area (Å²) in [6, 6.07) is 6.21. The van der Waals surface area contributed by atoms with Gasteiger partial charge in [-0.2, -0.15) is 0 Å². The van der Waals surface area contributed by atoms with E-state index in [4.69, 9.17) is 4.74 Å². The van der Waals surface area contributed by atoms with Gasteiger partial charge in [0.25, 0.3) is 0 Å². The number of hydrogen-bond donors (Lipinski definition) is 1. The fourth-order valence-electron chi connectivity index (χ4n) is 1.56. The Morgan fingerprint density at radius 2 is 2.06 bits per heavy atom. The predicted octanol–water partition coefficient (Wildman–Crippen LogP) is 2.93. The van der Waals surface area contributed by atoms with Gasteiger partial charge in [-0.3, -0.25) is 0 Å². The van der Waals surface area contributed by atoms with E-state index in [-0.39, 0.29) is 0 Å². The quantitative estimate of drug-likeness (QED) is 0.797. The van der Waals surface area contributed by atoms with Gasteiger partial charge in [0.1, 0.15) is 5.75 Å². The number of ether oxygens (including phenoxy) is 1. The molecule has 0 amide bonds. The van der Waals surface area contributed by atoms with Crippen molar-refractivity contribution in [3.05, 3.63) is 29.3 Å². The highest BCUT2D eigenvalue weighted by Gasteiger charge is 2.05. The minimum atomic E-state index is 0.542. The first-order valence-corrected chi connectivity index (χ1v) is 6.04. The zero-order valence-corrected chi connectivity index (χ0v) is 10.8. The van der Waals surface area contributed by atoms with Crippen LogP contribution in [0.4, 0.5) is 0 Å². The van der Waals surface area contributed by atoms with Crippen LogP contribution in [0.1, 0.15) is 25.0 Å². The second-order valence-electron chi connectivity index (χ2n) is 4.42. The largest absolute Gasteiger partial charge is 0.493 e. The molecule has 1 aromatic carbocycles. The zero-order chi connectivity index (χ0) is 12.0. The van der Waals surface area contributed by atoms with E-state index >= 15 is 0 Å². The van der Waals surface area contributed by atoms with Gasteiger partial charge in [-0.1, -0.05) is 26.0 Å². The number of benzene rings is 1. The molecule has 0 spiro atoms. The van der Waals surface area contributed by atoms with Gasteiger partial charge in [-0.15, -0.1) is 0 Å². The first-order chi connectivity index (χ1) is 7.65. The normalized spacial score (nSPS) is 12.5. The lowest BCUT2D eigenvalue weighted by Gasteiger charge is -2.15. The summed E-state index contributed by atoms with van der Waals surface area (Å²) < 4.78 is 5.84. The SMILES string of the molecule is CCNCC(C)COc1cccc(C)c1C. The molecular formula is C14H23NO. The molecule has 0 saturated carbocycles. The molecule has 2 nitrogen and oxygen atoms in total. The van der Waals surface area contributed by atoms with Crippen molar-refractivity contribution in [1.82, 2.24) is 5.32 Å². The van der Waals surface area contributed by atoms with Crippen molar-refractivity contribution in [3.63, 3.8) is 0 Å². The van der Waals surface area contributed by atoms with Crippen LogP contribution in [-0.2, 0) is 0 Å². The minimum Gasteiger partial charge on any atom is -0.493 e. The van der Waals surface area contributed by atoms with Crippen molar-refractivity contribution in [2.24, 2.45) is 5.92 Å². The Balaban J connectivity index is 2.45. The molecule has 0 radical (unpaired) electrons. The molecule has 1 unspecified atom stereocenters. The van der Waals surface area contributed by atoms with Crippen LogP contribution in [0.25, 0.3) is 0 Å². The number of nitrogens with one attached hydrogen (secondary N) is 1. The van der Waals surface area contributed by atoms with Crippen LogP contribution in [0.5, 0.6) is 5.75 Å². The smallest absolute Gasteiger partial charge is 0.122 e. The standard InChI is InChI=1S/C14H23NO/c1-5-15-9-11(2)10-16-14-8-6-7-12(3)13(14)4/h6-8,11,15H,5,9-10H2,1-4H3. The van der Waals surface area contributed by atoms with Gasteiger partial charge in [0, 0.05) is 12.5 Å². The second kappa shape index (κ2) is 6.54. The highest BCUT2D eigenvalue weighted by molar-refractivity contribution is 5.38. The summed E-state index contributed by atoms with van der Waals surface area (Å²) in [6.45, 7) is 11.4. The van der Waals surface area contributed by atoms with Crippen molar-refractivity contribution in [2.45, 2.75) is 27.7 Å². The van der Waals surface area contributed by atoms with Crippen LogP contribution in [0.2, 0.25) is 0 Å². The van der Waals surface area contributed by atoms with E-state index in [1.807, 2.05) is 12.1 Å². The van der Waals surface area contributed by atoms with Crippen LogP contribution in [-0.4, -0.2) is 19.7 Å². The summed E-state index contributed by atoms with van der Waals surface area (Å²) in [5, 5.41) is 3.33. The van der Waals surface area contributed by atoms with Crippen LogP contribution >= 0.6 is 0 Å². The second-order valence-corrected chi connectivity index (χ2v) is 4.42. The van der Waals surface area contributed by atoms with Crippen LogP contribution in [0, 0.1) is 19.8 Å². The molecule has 1 N–H and O–H groups in total. The molecule has 0 fully saturated rings. The van der Waals surface area contributed by atoms with Crippen LogP contribution in [0.15, 0.2) is 18.2 Å². The molecule has 2 heteroatoms.